The molecule has 8 nitrogen and oxygen atoms in total. The first kappa shape index (κ1) is 24.2. The van der Waals surface area contributed by atoms with Gasteiger partial charge < -0.3 is 9.64 Å². The maximum atomic E-state index is 12.9. The first-order valence-corrected chi connectivity index (χ1v) is 12.8. The quantitative estimate of drug-likeness (QED) is 0.548. The number of aromatic nitrogens is 1. The first-order valence-electron chi connectivity index (χ1n) is 10.4. The molecular formula is C20H29ClN4O4S2. The molecule has 0 amide bonds. The maximum Gasteiger partial charge on any atom is 0.337 e. The van der Waals surface area contributed by atoms with E-state index in [1.165, 1.54) is 15.6 Å². The zero-order valence-electron chi connectivity index (χ0n) is 18.1. The Morgan fingerprint density at radius 3 is 2.65 bits per heavy atom. The molecule has 2 atom stereocenters. The molecule has 31 heavy (non-hydrogen) atoms. The van der Waals surface area contributed by atoms with Gasteiger partial charge in [-0.15, -0.1) is 23.7 Å². The average Bonchev–Trinajstić information content (AvgIpc) is 3.26. The zero-order chi connectivity index (χ0) is 21.6. The van der Waals surface area contributed by atoms with Crippen molar-refractivity contribution in [1.29, 1.82) is 0 Å². The Morgan fingerprint density at radius 2 is 2.10 bits per heavy atom. The summed E-state index contributed by atoms with van der Waals surface area (Å²) in [4.78, 5) is 24.3. The number of hydrogen-bond acceptors (Lipinski definition) is 8. The van der Waals surface area contributed by atoms with Crippen LogP contribution >= 0.6 is 23.7 Å². The summed E-state index contributed by atoms with van der Waals surface area (Å²) in [5.41, 5.74) is 1.36. The molecule has 0 spiro atoms. The van der Waals surface area contributed by atoms with Crippen LogP contribution in [-0.4, -0.2) is 71.9 Å². The number of carbonyl (C=O) groups is 1. The highest BCUT2D eigenvalue weighted by atomic mass is 35.5. The van der Waals surface area contributed by atoms with E-state index in [2.05, 4.69) is 4.98 Å². The molecule has 1 saturated heterocycles. The molecule has 0 bridgehead atoms. The highest BCUT2D eigenvalue weighted by molar-refractivity contribution is 7.90. The number of halogens is 1. The lowest BCUT2D eigenvalue weighted by Crippen LogP contribution is -2.43. The van der Waals surface area contributed by atoms with Gasteiger partial charge in [0, 0.05) is 43.3 Å². The van der Waals surface area contributed by atoms with Crippen molar-refractivity contribution >= 4 is 45.6 Å². The summed E-state index contributed by atoms with van der Waals surface area (Å²) in [7, 11) is -1.67. The van der Waals surface area contributed by atoms with Gasteiger partial charge in [0.2, 0.25) is 10.0 Å². The zero-order valence-corrected chi connectivity index (χ0v) is 20.6. The molecule has 1 aromatic heterocycles. The molecule has 1 saturated carbocycles. The molecule has 1 aliphatic carbocycles. The summed E-state index contributed by atoms with van der Waals surface area (Å²) in [6.07, 6.45) is 3.64. The first-order chi connectivity index (χ1) is 14.3. The third-order valence-corrected chi connectivity index (χ3v) is 9.07. The van der Waals surface area contributed by atoms with Gasteiger partial charge in [0.15, 0.2) is 10.8 Å². The lowest BCUT2D eigenvalue weighted by Gasteiger charge is -2.32. The molecule has 1 aromatic rings. The number of carbonyl (C=O) groups excluding carboxylic acids is 1. The summed E-state index contributed by atoms with van der Waals surface area (Å²) in [5.74, 6) is 0.430. The van der Waals surface area contributed by atoms with Crippen LogP contribution in [0.5, 0.6) is 0 Å². The minimum absolute atomic E-state index is 0. The van der Waals surface area contributed by atoms with Gasteiger partial charge in [-0.2, -0.15) is 4.31 Å². The number of rotatable bonds is 7. The molecule has 0 N–H and O–H groups in total. The topological polar surface area (TPSA) is 92.2 Å². The van der Waals surface area contributed by atoms with Crippen molar-refractivity contribution in [3.63, 3.8) is 0 Å². The van der Waals surface area contributed by atoms with Crippen molar-refractivity contribution in [2.24, 2.45) is 10.9 Å². The third kappa shape index (κ3) is 4.40. The van der Waals surface area contributed by atoms with Crippen molar-refractivity contribution in [1.82, 2.24) is 14.2 Å². The molecule has 2 fully saturated rings. The lowest BCUT2D eigenvalue weighted by atomic mass is 9.92. The van der Waals surface area contributed by atoms with E-state index < -0.39 is 10.0 Å². The van der Waals surface area contributed by atoms with Gasteiger partial charge in [-0.25, -0.2) is 18.2 Å². The Labute approximate surface area is 193 Å². The monoisotopic (exact) mass is 488 g/mol. The normalized spacial score (nSPS) is 23.7. The number of fused-ring (bicyclic) bond motifs is 1. The fraction of sp³-hybridized carbons (Fsp3) is 0.650. The van der Waals surface area contributed by atoms with E-state index in [9.17, 15) is 13.2 Å². The molecule has 0 aromatic carbocycles. The number of amidine groups is 1. The minimum atomic E-state index is -3.33. The fourth-order valence-corrected chi connectivity index (χ4v) is 6.51. The van der Waals surface area contributed by atoms with E-state index in [1.807, 2.05) is 24.1 Å². The summed E-state index contributed by atoms with van der Waals surface area (Å²) in [6, 6.07) is -0.607. The molecule has 3 heterocycles. The molecular weight excluding hydrogens is 460 g/mol. The van der Waals surface area contributed by atoms with Gasteiger partial charge in [0.05, 0.1) is 23.5 Å². The van der Waals surface area contributed by atoms with Gasteiger partial charge in [-0.3, -0.25) is 4.99 Å². The predicted octanol–water partition coefficient (Wildman–Crippen LogP) is 2.67. The van der Waals surface area contributed by atoms with Crippen LogP contribution in [0.3, 0.4) is 0 Å². The molecule has 0 radical (unpaired) electrons. The van der Waals surface area contributed by atoms with Gasteiger partial charge in [-0.05, 0) is 25.7 Å². The van der Waals surface area contributed by atoms with E-state index in [4.69, 9.17) is 9.73 Å². The van der Waals surface area contributed by atoms with Crippen LogP contribution in [-0.2, 0) is 19.6 Å². The molecule has 4 rings (SSSR count). The van der Waals surface area contributed by atoms with Gasteiger partial charge >= 0.3 is 5.97 Å². The summed E-state index contributed by atoms with van der Waals surface area (Å²) >= 11 is 1.49. The second-order valence-corrected chi connectivity index (χ2v) is 11.5. The Hall–Kier alpha value is -1.49. The molecule has 2 aliphatic heterocycles. The molecule has 11 heteroatoms. The van der Waals surface area contributed by atoms with E-state index in [1.54, 1.807) is 20.2 Å². The van der Waals surface area contributed by atoms with Crippen molar-refractivity contribution < 1.29 is 17.9 Å². The summed E-state index contributed by atoms with van der Waals surface area (Å²) < 4.78 is 32.6. The second-order valence-electron chi connectivity index (χ2n) is 8.29. The average molecular weight is 489 g/mol. The maximum absolute atomic E-state index is 12.9. The van der Waals surface area contributed by atoms with Crippen LogP contribution in [0.25, 0.3) is 0 Å². The predicted molar refractivity (Wildman–Crippen MR) is 123 cm³/mol. The number of aliphatic imine (C=N–C) groups is 1. The number of sulfonamides is 1. The smallest absolute Gasteiger partial charge is 0.337 e. The van der Waals surface area contributed by atoms with Crippen LogP contribution in [0.1, 0.15) is 45.0 Å². The van der Waals surface area contributed by atoms with E-state index >= 15 is 0 Å². The van der Waals surface area contributed by atoms with E-state index in [-0.39, 0.29) is 48.2 Å². The van der Waals surface area contributed by atoms with Crippen molar-refractivity contribution in [2.45, 2.75) is 57.4 Å². The molecule has 172 valence electrons. The Bertz CT molecular complexity index is 987. The number of likely N-dealkylation sites (N-methyl/N-ethyl adjacent to an activating group) is 1. The Morgan fingerprint density at radius 1 is 1.39 bits per heavy atom. The van der Waals surface area contributed by atoms with E-state index in [0.717, 1.165) is 23.5 Å². The lowest BCUT2D eigenvalue weighted by molar-refractivity contribution is -0.139. The Kier molecular flexibility index (Phi) is 7.15. The number of nitrogens with zero attached hydrogens (tertiary/aromatic N) is 4. The van der Waals surface area contributed by atoms with Crippen LogP contribution < -0.4 is 0 Å². The summed E-state index contributed by atoms with van der Waals surface area (Å²) in [5, 5.41) is 2.40. The fourth-order valence-electron chi connectivity index (χ4n) is 4.11. The second kappa shape index (κ2) is 9.17. The SMILES string of the molecule is CCOC(=O)C1=C2C[C@H](N(C)S(=O)(=O)C3CC3)CN2C(c2nccs2)=N[C@H]1C(C)C.Cl. The van der Waals surface area contributed by atoms with Gasteiger partial charge in [0.25, 0.3) is 0 Å². The highest BCUT2D eigenvalue weighted by Gasteiger charge is 2.47. The largest absolute Gasteiger partial charge is 0.463 e. The highest BCUT2D eigenvalue weighted by Crippen LogP contribution is 2.40. The van der Waals surface area contributed by atoms with Crippen LogP contribution in [0.15, 0.2) is 27.8 Å². The summed E-state index contributed by atoms with van der Waals surface area (Å²) in [6.45, 7) is 6.57. The van der Waals surface area contributed by atoms with Crippen molar-refractivity contribution in [2.75, 3.05) is 20.2 Å². The number of thiazole rings is 1. The van der Waals surface area contributed by atoms with Crippen molar-refractivity contribution in [3.05, 3.63) is 27.9 Å². The number of hydrogen-bond donors (Lipinski definition) is 0. The van der Waals surface area contributed by atoms with Crippen LogP contribution in [0.4, 0.5) is 0 Å². The number of ether oxygens (including phenoxy) is 1. The Balaban J connectivity index is 0.00000272. The van der Waals surface area contributed by atoms with Gasteiger partial charge in [-0.1, -0.05) is 13.8 Å². The molecule has 0 unspecified atom stereocenters. The number of esters is 1. The minimum Gasteiger partial charge on any atom is -0.463 e. The molecule has 3 aliphatic rings. The van der Waals surface area contributed by atoms with Gasteiger partial charge in [0.1, 0.15) is 0 Å². The third-order valence-electron chi connectivity index (χ3n) is 5.88. The van der Waals surface area contributed by atoms with Crippen LogP contribution in [0, 0.1) is 5.92 Å². The van der Waals surface area contributed by atoms with Crippen molar-refractivity contribution in [3.8, 4) is 0 Å². The van der Waals surface area contributed by atoms with Crippen LogP contribution in [0.2, 0.25) is 0 Å². The standard InChI is InChI=1S/C20H28N4O4S2.ClH/c1-5-28-20(25)16-15-10-13(23(4)30(26,27)14-6-7-14)11-24(15)18(19-21-8-9-29-19)22-17(16)12(2)3;/h8-9,12-14,17H,5-7,10-11H2,1-4H3;1H/t13-,17-;/m0./s1. The van der Waals surface area contributed by atoms with E-state index in [0.29, 0.717) is 24.4 Å².